The zero-order valence-corrected chi connectivity index (χ0v) is 18.2. The van der Waals surface area contributed by atoms with Gasteiger partial charge in [0.2, 0.25) is 0 Å². The maximum Gasteiger partial charge on any atom is 0.255 e. The van der Waals surface area contributed by atoms with Crippen molar-refractivity contribution in [2.24, 2.45) is 0 Å². The minimum atomic E-state index is -3.20. The molecule has 0 fully saturated rings. The summed E-state index contributed by atoms with van der Waals surface area (Å²) in [6, 6.07) is 9.35. The molecule has 0 unspecified atom stereocenters. The molecule has 2 atom stereocenters. The molecule has 1 aliphatic rings. The number of hydrogen-bond acceptors (Lipinski definition) is 6. The van der Waals surface area contributed by atoms with E-state index in [0.717, 1.165) is 11.3 Å². The number of furan rings is 1. The van der Waals surface area contributed by atoms with Crippen molar-refractivity contribution in [2.45, 2.75) is 19.1 Å². The van der Waals surface area contributed by atoms with E-state index in [1.54, 1.807) is 18.2 Å². The Balaban J connectivity index is 1.83. The van der Waals surface area contributed by atoms with Crippen LogP contribution < -0.4 is 10.6 Å². The molecule has 9 heteroatoms. The van der Waals surface area contributed by atoms with Crippen molar-refractivity contribution in [3.8, 4) is 11.3 Å². The lowest BCUT2D eigenvalue weighted by Gasteiger charge is -2.18. The van der Waals surface area contributed by atoms with Crippen molar-refractivity contribution in [1.82, 2.24) is 5.32 Å². The Labute approximate surface area is 179 Å². The fourth-order valence-corrected chi connectivity index (χ4v) is 4.75. The number of rotatable bonds is 4. The number of carbonyl (C=O) groups is 1. The summed E-state index contributed by atoms with van der Waals surface area (Å²) in [4.78, 5) is 12.7. The van der Waals surface area contributed by atoms with E-state index >= 15 is 0 Å². The van der Waals surface area contributed by atoms with Crippen LogP contribution in [0.4, 0.5) is 10.1 Å². The van der Waals surface area contributed by atoms with Gasteiger partial charge in [-0.05, 0) is 37.3 Å². The Hall–Kier alpha value is -2.91. The van der Waals surface area contributed by atoms with E-state index in [0.29, 0.717) is 34.4 Å². The molecule has 0 radical (unpaired) electrons. The van der Waals surface area contributed by atoms with Gasteiger partial charge in [-0.3, -0.25) is 4.79 Å². The monoisotopic (exact) mass is 446 g/mol. The molecule has 4 rings (SSSR count). The molecule has 164 valence electrons. The van der Waals surface area contributed by atoms with Gasteiger partial charge in [0.25, 0.3) is 5.91 Å². The second-order valence-electron chi connectivity index (χ2n) is 7.70. The molecule has 0 bridgehead atoms. The van der Waals surface area contributed by atoms with Crippen LogP contribution in [-0.2, 0) is 14.6 Å². The Morgan fingerprint density at radius 2 is 1.97 bits per heavy atom. The van der Waals surface area contributed by atoms with Gasteiger partial charge in [-0.15, -0.1) is 0 Å². The highest BCUT2D eigenvalue weighted by molar-refractivity contribution is 7.90. The van der Waals surface area contributed by atoms with Crippen molar-refractivity contribution in [3.05, 3.63) is 53.3 Å². The van der Waals surface area contributed by atoms with Gasteiger partial charge in [-0.1, -0.05) is 0 Å². The number of anilines is 1. The van der Waals surface area contributed by atoms with Crippen molar-refractivity contribution in [3.63, 3.8) is 0 Å². The lowest BCUT2D eigenvalue weighted by Crippen LogP contribution is -2.29. The molecule has 0 saturated heterocycles. The maximum absolute atomic E-state index is 13.4. The molecular formula is C22H23FN2O5S. The molecule has 0 spiro atoms. The average molecular weight is 447 g/mol. The summed E-state index contributed by atoms with van der Waals surface area (Å²) in [5, 5.41) is 6.46. The van der Waals surface area contributed by atoms with Gasteiger partial charge in [0.1, 0.15) is 27.0 Å². The first kappa shape index (κ1) is 21.3. The highest BCUT2D eigenvalue weighted by Crippen LogP contribution is 2.39. The van der Waals surface area contributed by atoms with Crippen LogP contribution in [0, 0.1) is 5.82 Å². The molecule has 1 amide bonds. The quantitative estimate of drug-likeness (QED) is 0.637. The van der Waals surface area contributed by atoms with E-state index in [9.17, 15) is 17.6 Å². The van der Waals surface area contributed by atoms with Gasteiger partial charge >= 0.3 is 0 Å². The molecule has 0 aliphatic carbocycles. The summed E-state index contributed by atoms with van der Waals surface area (Å²) < 4.78 is 48.8. The molecule has 1 aliphatic heterocycles. The first-order valence-corrected chi connectivity index (χ1v) is 11.9. The van der Waals surface area contributed by atoms with Gasteiger partial charge in [0, 0.05) is 48.1 Å². The van der Waals surface area contributed by atoms with Gasteiger partial charge in [0.05, 0.1) is 23.5 Å². The highest BCUT2D eigenvalue weighted by Gasteiger charge is 2.28. The number of halogens is 1. The number of benzene rings is 2. The summed E-state index contributed by atoms with van der Waals surface area (Å²) in [6.45, 7) is 2.16. The van der Waals surface area contributed by atoms with Gasteiger partial charge in [0.15, 0.2) is 0 Å². The Morgan fingerprint density at radius 1 is 1.26 bits per heavy atom. The third kappa shape index (κ3) is 4.28. The van der Waals surface area contributed by atoms with Crippen molar-refractivity contribution in [2.75, 3.05) is 30.9 Å². The smallest absolute Gasteiger partial charge is 0.255 e. The van der Waals surface area contributed by atoms with Crippen molar-refractivity contribution >= 4 is 32.4 Å². The zero-order valence-electron chi connectivity index (χ0n) is 17.4. The second kappa shape index (κ2) is 7.97. The van der Waals surface area contributed by atoms with Crippen LogP contribution in [0.5, 0.6) is 0 Å². The summed E-state index contributed by atoms with van der Waals surface area (Å²) in [5.41, 5.74) is 2.95. The van der Waals surface area contributed by atoms with Crippen LogP contribution in [0.15, 0.2) is 40.8 Å². The number of ether oxygens (including phenoxy) is 1. The van der Waals surface area contributed by atoms with Gasteiger partial charge < -0.3 is 19.8 Å². The van der Waals surface area contributed by atoms with E-state index in [1.165, 1.54) is 25.4 Å². The standard InChI is InChI=1S/C22H23FN2O5S/c1-12-16-8-17-19(9-18(16)25-10-15(29-12)11-31(3,27)28)30-21(20(17)22(26)24-2)13-4-6-14(23)7-5-13/h4-9,12,15,25H,10-11H2,1-3H3,(H,24,26)/t12-,15-/m1/s1. The van der Waals surface area contributed by atoms with E-state index in [1.807, 2.05) is 13.0 Å². The predicted molar refractivity (Wildman–Crippen MR) is 116 cm³/mol. The molecule has 3 aromatic rings. The molecule has 2 N–H and O–H groups in total. The van der Waals surface area contributed by atoms with Gasteiger partial charge in [-0.2, -0.15) is 0 Å². The minimum absolute atomic E-state index is 0.0906. The van der Waals surface area contributed by atoms with Crippen LogP contribution in [-0.4, -0.2) is 46.0 Å². The molecule has 2 aromatic carbocycles. The summed E-state index contributed by atoms with van der Waals surface area (Å²) in [6.07, 6.45) is 0.276. The number of carbonyl (C=O) groups excluding carboxylic acids is 1. The first-order valence-electron chi connectivity index (χ1n) is 9.82. The zero-order chi connectivity index (χ0) is 22.3. The molecule has 2 heterocycles. The molecule has 1 aromatic heterocycles. The highest BCUT2D eigenvalue weighted by atomic mass is 32.2. The lowest BCUT2D eigenvalue weighted by molar-refractivity contribution is 0.0204. The van der Waals surface area contributed by atoms with Crippen LogP contribution in [0.3, 0.4) is 0 Å². The van der Waals surface area contributed by atoms with Crippen molar-refractivity contribution < 1.29 is 26.8 Å². The molecule has 0 saturated carbocycles. The summed E-state index contributed by atoms with van der Waals surface area (Å²) in [7, 11) is -1.67. The average Bonchev–Trinajstić information content (AvgIpc) is 3.01. The fraction of sp³-hybridized carbons (Fsp3) is 0.318. The van der Waals surface area contributed by atoms with Crippen LogP contribution in [0.1, 0.15) is 28.9 Å². The van der Waals surface area contributed by atoms with E-state index < -0.39 is 22.0 Å². The van der Waals surface area contributed by atoms with E-state index in [4.69, 9.17) is 9.15 Å². The van der Waals surface area contributed by atoms with Crippen LogP contribution in [0.25, 0.3) is 22.3 Å². The number of amides is 1. The number of fused-ring (bicyclic) bond motifs is 2. The largest absolute Gasteiger partial charge is 0.455 e. The number of hydrogen-bond donors (Lipinski definition) is 2. The Bertz CT molecular complexity index is 1250. The number of nitrogens with one attached hydrogen (secondary N) is 2. The second-order valence-corrected chi connectivity index (χ2v) is 9.89. The van der Waals surface area contributed by atoms with Crippen LogP contribution >= 0.6 is 0 Å². The Kier molecular flexibility index (Phi) is 5.49. The maximum atomic E-state index is 13.4. The third-order valence-corrected chi connectivity index (χ3v) is 6.24. The first-order chi connectivity index (χ1) is 14.7. The van der Waals surface area contributed by atoms with Crippen molar-refractivity contribution in [1.29, 1.82) is 0 Å². The number of sulfone groups is 1. The fourth-order valence-electron chi connectivity index (χ4n) is 3.87. The SMILES string of the molecule is CNC(=O)c1c(-c2ccc(F)cc2)oc2cc3c(cc12)[C@@H](C)O[C@@H](CS(C)(=O)=O)CN3. The van der Waals surface area contributed by atoms with E-state index in [-0.39, 0.29) is 17.5 Å². The van der Waals surface area contributed by atoms with Crippen LogP contribution in [0.2, 0.25) is 0 Å². The molecule has 31 heavy (non-hydrogen) atoms. The molecule has 7 nitrogen and oxygen atoms in total. The summed E-state index contributed by atoms with van der Waals surface area (Å²) >= 11 is 0. The molecular weight excluding hydrogens is 423 g/mol. The minimum Gasteiger partial charge on any atom is -0.455 e. The third-order valence-electron chi connectivity index (χ3n) is 5.26. The van der Waals surface area contributed by atoms with Gasteiger partial charge in [-0.25, -0.2) is 12.8 Å². The van der Waals surface area contributed by atoms with E-state index in [2.05, 4.69) is 10.6 Å². The predicted octanol–water partition coefficient (Wildman–Crippen LogP) is 3.51. The summed E-state index contributed by atoms with van der Waals surface area (Å²) in [5.74, 6) is -0.458. The topological polar surface area (TPSA) is 97.6 Å². The Morgan fingerprint density at radius 3 is 2.61 bits per heavy atom. The lowest BCUT2D eigenvalue weighted by atomic mass is 10.0. The normalized spacial score (nSPS) is 18.8.